The van der Waals surface area contributed by atoms with Gasteiger partial charge in [0.1, 0.15) is 19.3 Å². The molecule has 95 heavy (non-hydrogen) atoms. The van der Waals surface area contributed by atoms with Gasteiger partial charge in [0.15, 0.2) is 12.2 Å². The van der Waals surface area contributed by atoms with Gasteiger partial charge in [-0.05, 0) is 37.5 Å². The standard InChI is InChI=1S/C76H148O17P2/c1-7-9-11-13-15-17-19-29-36-42-48-54-60-75(80)92-71(64-86-73(78)58-52-46-40-34-18-16-14-12-10-8-2)66-90-94(82,83)88-62-70(77)63-89-95(84,85)91-67-72(65-87-74(79)59-53-47-41-35-30-26-22-24-28-33-39-45-51-57-69(5)6)93-76(81)61-55-49-43-37-31-25-21-20-23-27-32-38-44-50-56-68(3)4/h68-72,77H,7-67H2,1-6H3,(H,82,83)(H,84,85)/t70-,71+,72+/m0/s1. The Kier molecular flexibility index (Phi) is 66.5. The third-order valence-corrected chi connectivity index (χ3v) is 19.6. The van der Waals surface area contributed by atoms with E-state index >= 15 is 0 Å². The zero-order valence-corrected chi connectivity index (χ0v) is 63.8. The number of hydrogen-bond acceptors (Lipinski definition) is 15. The van der Waals surface area contributed by atoms with Crippen LogP contribution in [-0.2, 0) is 65.4 Å². The van der Waals surface area contributed by atoms with E-state index in [1.807, 2.05) is 0 Å². The number of carbonyl (C=O) groups is 4. The number of unbranched alkanes of at least 4 members (excludes halogenated alkanes) is 45. The van der Waals surface area contributed by atoms with Crippen LogP contribution in [-0.4, -0.2) is 96.7 Å². The molecule has 0 aromatic heterocycles. The lowest BCUT2D eigenvalue weighted by molar-refractivity contribution is -0.161. The Hall–Kier alpha value is -1.94. The van der Waals surface area contributed by atoms with Crippen molar-refractivity contribution in [1.29, 1.82) is 0 Å². The molecule has 0 aliphatic carbocycles. The molecule has 3 N–H and O–H groups in total. The molecule has 0 fully saturated rings. The van der Waals surface area contributed by atoms with E-state index in [0.29, 0.717) is 25.7 Å². The van der Waals surface area contributed by atoms with Crippen molar-refractivity contribution in [2.24, 2.45) is 11.8 Å². The Morgan fingerprint density at radius 1 is 0.284 bits per heavy atom. The Balaban J connectivity index is 5.24. The van der Waals surface area contributed by atoms with Crippen LogP contribution in [0.25, 0.3) is 0 Å². The van der Waals surface area contributed by atoms with Gasteiger partial charge in [-0.2, -0.15) is 0 Å². The van der Waals surface area contributed by atoms with Gasteiger partial charge in [-0.15, -0.1) is 0 Å². The SMILES string of the molecule is CCCCCCCCCCCCCCC(=O)O[C@H](COC(=O)CCCCCCCCCCCC)COP(=O)(O)OC[C@H](O)COP(=O)(O)OC[C@@H](COC(=O)CCCCCCCCCCCCCCCC(C)C)OC(=O)CCCCCCCCCCCCCCCCC(C)C. The van der Waals surface area contributed by atoms with Crippen molar-refractivity contribution in [2.75, 3.05) is 39.6 Å². The summed E-state index contributed by atoms with van der Waals surface area (Å²) < 4.78 is 68.5. The smallest absolute Gasteiger partial charge is 0.462 e. The molecule has 0 radical (unpaired) electrons. The summed E-state index contributed by atoms with van der Waals surface area (Å²) in [5.74, 6) is -0.527. The summed E-state index contributed by atoms with van der Waals surface area (Å²) >= 11 is 0. The van der Waals surface area contributed by atoms with Crippen LogP contribution in [0.15, 0.2) is 0 Å². The third-order valence-electron chi connectivity index (χ3n) is 17.7. The molecule has 0 bridgehead atoms. The van der Waals surface area contributed by atoms with Crippen molar-refractivity contribution >= 4 is 39.5 Å². The fraction of sp³-hybridized carbons (Fsp3) is 0.947. The van der Waals surface area contributed by atoms with E-state index in [9.17, 15) is 43.2 Å². The second-order valence-electron chi connectivity index (χ2n) is 28.3. The molecular weight excluding hydrogens is 1250 g/mol. The highest BCUT2D eigenvalue weighted by atomic mass is 31.2. The predicted molar refractivity (Wildman–Crippen MR) is 386 cm³/mol. The maximum atomic E-state index is 13.1. The summed E-state index contributed by atoms with van der Waals surface area (Å²) in [6.45, 7) is 9.63. The van der Waals surface area contributed by atoms with Crippen LogP contribution in [0.5, 0.6) is 0 Å². The summed E-state index contributed by atoms with van der Waals surface area (Å²) in [6.07, 6.45) is 55.3. The Labute approximate surface area is 581 Å². The highest BCUT2D eigenvalue weighted by Crippen LogP contribution is 2.45. The van der Waals surface area contributed by atoms with Gasteiger partial charge in [0.05, 0.1) is 26.4 Å². The summed E-state index contributed by atoms with van der Waals surface area (Å²) in [5, 5.41) is 10.6. The van der Waals surface area contributed by atoms with E-state index < -0.39 is 97.5 Å². The number of aliphatic hydroxyl groups is 1. The highest BCUT2D eigenvalue weighted by Gasteiger charge is 2.30. The topological polar surface area (TPSA) is 237 Å². The third kappa shape index (κ3) is 70.3. The summed E-state index contributed by atoms with van der Waals surface area (Å²) in [7, 11) is -9.91. The van der Waals surface area contributed by atoms with Crippen molar-refractivity contribution in [3.63, 3.8) is 0 Å². The molecule has 0 spiro atoms. The minimum Gasteiger partial charge on any atom is -0.462 e. The zero-order valence-electron chi connectivity index (χ0n) is 62.0. The molecule has 0 saturated heterocycles. The molecule has 5 atom stereocenters. The average molecular weight is 1400 g/mol. The number of ether oxygens (including phenoxy) is 4. The van der Waals surface area contributed by atoms with E-state index in [-0.39, 0.29) is 25.7 Å². The lowest BCUT2D eigenvalue weighted by atomic mass is 10.0. The quantitative estimate of drug-likeness (QED) is 0.0222. The second kappa shape index (κ2) is 67.9. The Bertz CT molecular complexity index is 1840. The number of esters is 4. The van der Waals surface area contributed by atoms with E-state index in [0.717, 1.165) is 102 Å². The van der Waals surface area contributed by atoms with Crippen molar-refractivity contribution in [1.82, 2.24) is 0 Å². The summed E-state index contributed by atoms with van der Waals surface area (Å²) in [4.78, 5) is 72.8. The first kappa shape index (κ1) is 93.1. The van der Waals surface area contributed by atoms with Crippen molar-refractivity contribution in [3.05, 3.63) is 0 Å². The van der Waals surface area contributed by atoms with Gasteiger partial charge in [-0.25, -0.2) is 9.13 Å². The molecule has 2 unspecified atom stereocenters. The maximum Gasteiger partial charge on any atom is 0.472 e. The molecule has 0 aliphatic rings. The molecule has 0 heterocycles. The molecule has 0 aliphatic heterocycles. The van der Waals surface area contributed by atoms with E-state index in [2.05, 4.69) is 41.5 Å². The van der Waals surface area contributed by atoms with Gasteiger partial charge >= 0.3 is 39.5 Å². The second-order valence-corrected chi connectivity index (χ2v) is 31.3. The molecule has 0 rings (SSSR count). The minimum absolute atomic E-state index is 0.108. The molecule has 0 saturated carbocycles. The van der Waals surface area contributed by atoms with Crippen LogP contribution in [0.4, 0.5) is 0 Å². The lowest BCUT2D eigenvalue weighted by Gasteiger charge is -2.21. The Morgan fingerprint density at radius 2 is 0.484 bits per heavy atom. The normalized spacial score (nSPS) is 14.0. The van der Waals surface area contributed by atoms with Crippen LogP contribution in [0, 0.1) is 11.8 Å². The lowest BCUT2D eigenvalue weighted by Crippen LogP contribution is -2.30. The van der Waals surface area contributed by atoms with Gasteiger partial charge in [-0.1, -0.05) is 343 Å². The highest BCUT2D eigenvalue weighted by molar-refractivity contribution is 7.47. The molecule has 0 amide bonds. The fourth-order valence-corrected chi connectivity index (χ4v) is 13.2. The molecule has 0 aromatic carbocycles. The van der Waals surface area contributed by atoms with Gasteiger partial charge in [0.2, 0.25) is 0 Å². The number of aliphatic hydroxyl groups excluding tert-OH is 1. The summed E-state index contributed by atoms with van der Waals surface area (Å²) in [5.41, 5.74) is 0. The van der Waals surface area contributed by atoms with Gasteiger partial charge in [0.25, 0.3) is 0 Å². The van der Waals surface area contributed by atoms with E-state index in [4.69, 9.17) is 37.0 Å². The molecule has 0 aromatic rings. The van der Waals surface area contributed by atoms with Crippen molar-refractivity contribution in [3.8, 4) is 0 Å². The van der Waals surface area contributed by atoms with Crippen molar-refractivity contribution < 1.29 is 80.2 Å². The summed E-state index contributed by atoms with van der Waals surface area (Å²) in [6, 6.07) is 0. The van der Waals surface area contributed by atoms with Crippen LogP contribution in [0.1, 0.15) is 395 Å². The number of phosphoric ester groups is 2. The van der Waals surface area contributed by atoms with Crippen LogP contribution < -0.4 is 0 Å². The first-order valence-electron chi connectivity index (χ1n) is 39.5. The van der Waals surface area contributed by atoms with E-state index in [1.54, 1.807) is 0 Å². The molecular formula is C76H148O17P2. The zero-order chi connectivity index (χ0) is 70.0. The molecule has 564 valence electrons. The number of phosphoric acid groups is 2. The first-order chi connectivity index (χ1) is 45.9. The monoisotopic (exact) mass is 1400 g/mol. The average Bonchev–Trinajstić information content (AvgIpc) is 2.85. The first-order valence-corrected chi connectivity index (χ1v) is 42.5. The number of hydrogen-bond donors (Lipinski definition) is 3. The van der Waals surface area contributed by atoms with Crippen molar-refractivity contribution in [2.45, 2.75) is 413 Å². The van der Waals surface area contributed by atoms with Crippen LogP contribution in [0.3, 0.4) is 0 Å². The van der Waals surface area contributed by atoms with Gasteiger partial charge in [-0.3, -0.25) is 37.3 Å². The minimum atomic E-state index is -4.96. The maximum absolute atomic E-state index is 13.1. The van der Waals surface area contributed by atoms with E-state index in [1.165, 1.54) is 212 Å². The van der Waals surface area contributed by atoms with Crippen LogP contribution in [0.2, 0.25) is 0 Å². The van der Waals surface area contributed by atoms with Gasteiger partial charge < -0.3 is 33.8 Å². The predicted octanol–water partition coefficient (Wildman–Crippen LogP) is 22.3. The Morgan fingerprint density at radius 3 is 0.716 bits per heavy atom. The molecule has 17 nitrogen and oxygen atoms in total. The van der Waals surface area contributed by atoms with Crippen LogP contribution >= 0.6 is 15.6 Å². The fourth-order valence-electron chi connectivity index (χ4n) is 11.7. The largest absolute Gasteiger partial charge is 0.472 e. The van der Waals surface area contributed by atoms with Gasteiger partial charge in [0, 0.05) is 25.7 Å². The molecule has 19 heteroatoms. The number of carbonyl (C=O) groups excluding carboxylic acids is 4. The number of rotatable bonds is 75.